The standard InChI is InChI=1S/C15H21N5O/c1-4-13-10-20(14(5-2)9-19(13)11(3)21)15-8-17-12(6-16)7-18-15/h7-8,13-14H,4-5,9-10H2,1-3H3. The van der Waals surface area contributed by atoms with Gasteiger partial charge in [0.1, 0.15) is 11.9 Å². The van der Waals surface area contributed by atoms with Crippen molar-refractivity contribution in [2.45, 2.75) is 45.7 Å². The van der Waals surface area contributed by atoms with Crippen LogP contribution in [0.25, 0.3) is 0 Å². The lowest BCUT2D eigenvalue weighted by Gasteiger charge is -2.46. The molecule has 1 aromatic heterocycles. The zero-order valence-corrected chi connectivity index (χ0v) is 12.8. The molecule has 6 heteroatoms. The van der Waals surface area contributed by atoms with Crippen molar-refractivity contribution in [1.82, 2.24) is 14.9 Å². The van der Waals surface area contributed by atoms with Crippen LogP contribution in [-0.4, -0.2) is 45.9 Å². The molecule has 6 nitrogen and oxygen atoms in total. The maximum atomic E-state index is 11.8. The number of piperazine rings is 1. The third-order valence-corrected chi connectivity index (χ3v) is 4.09. The number of amides is 1. The van der Waals surface area contributed by atoms with Crippen LogP contribution in [-0.2, 0) is 4.79 Å². The quantitative estimate of drug-likeness (QED) is 0.843. The minimum atomic E-state index is 0.130. The van der Waals surface area contributed by atoms with E-state index >= 15 is 0 Å². The second kappa shape index (κ2) is 6.53. The summed E-state index contributed by atoms with van der Waals surface area (Å²) in [6.07, 6.45) is 5.00. The van der Waals surface area contributed by atoms with Crippen LogP contribution in [0.5, 0.6) is 0 Å². The Labute approximate surface area is 125 Å². The van der Waals surface area contributed by atoms with E-state index in [4.69, 9.17) is 5.26 Å². The third kappa shape index (κ3) is 3.13. The van der Waals surface area contributed by atoms with Gasteiger partial charge < -0.3 is 9.80 Å². The van der Waals surface area contributed by atoms with Crippen molar-refractivity contribution >= 4 is 11.7 Å². The fourth-order valence-electron chi connectivity index (χ4n) is 2.84. The number of hydrogen-bond acceptors (Lipinski definition) is 5. The molecule has 2 atom stereocenters. The minimum absolute atomic E-state index is 0.130. The molecule has 21 heavy (non-hydrogen) atoms. The van der Waals surface area contributed by atoms with Crippen molar-refractivity contribution < 1.29 is 4.79 Å². The molecule has 1 aliphatic rings. The number of rotatable bonds is 3. The second-order valence-corrected chi connectivity index (χ2v) is 5.32. The molecule has 2 heterocycles. The van der Waals surface area contributed by atoms with E-state index in [1.165, 1.54) is 6.20 Å². The van der Waals surface area contributed by atoms with Gasteiger partial charge in [-0.1, -0.05) is 13.8 Å². The molecule has 0 bridgehead atoms. The highest BCUT2D eigenvalue weighted by atomic mass is 16.2. The molecule has 2 unspecified atom stereocenters. The van der Waals surface area contributed by atoms with Crippen molar-refractivity contribution in [3.05, 3.63) is 18.1 Å². The summed E-state index contributed by atoms with van der Waals surface area (Å²) < 4.78 is 0. The smallest absolute Gasteiger partial charge is 0.219 e. The Bertz CT molecular complexity index is 536. The van der Waals surface area contributed by atoms with Crippen LogP contribution in [0.1, 0.15) is 39.3 Å². The van der Waals surface area contributed by atoms with Crippen molar-refractivity contribution in [1.29, 1.82) is 5.26 Å². The van der Waals surface area contributed by atoms with Crippen LogP contribution >= 0.6 is 0 Å². The molecule has 1 saturated heterocycles. The molecule has 112 valence electrons. The van der Waals surface area contributed by atoms with Gasteiger partial charge in [0.05, 0.1) is 12.4 Å². The van der Waals surface area contributed by atoms with E-state index in [2.05, 4.69) is 28.7 Å². The molecule has 2 rings (SSSR count). The predicted molar refractivity (Wildman–Crippen MR) is 79.6 cm³/mol. The van der Waals surface area contributed by atoms with Crippen LogP contribution in [0, 0.1) is 11.3 Å². The average molecular weight is 287 g/mol. The van der Waals surface area contributed by atoms with Gasteiger partial charge in [-0.25, -0.2) is 9.97 Å². The molecular formula is C15H21N5O. The summed E-state index contributed by atoms with van der Waals surface area (Å²) in [5.74, 6) is 0.911. The molecule has 0 N–H and O–H groups in total. The highest BCUT2D eigenvalue weighted by Crippen LogP contribution is 2.24. The Kier molecular flexibility index (Phi) is 4.73. The lowest BCUT2D eigenvalue weighted by atomic mass is 10.0. The van der Waals surface area contributed by atoms with Gasteiger partial charge in [0.15, 0.2) is 5.69 Å². The normalized spacial score (nSPS) is 22.0. The molecule has 0 aliphatic carbocycles. The summed E-state index contributed by atoms with van der Waals surface area (Å²) >= 11 is 0. The topological polar surface area (TPSA) is 73.1 Å². The number of aromatic nitrogens is 2. The largest absolute Gasteiger partial charge is 0.349 e. The average Bonchev–Trinajstić information content (AvgIpc) is 2.53. The molecule has 0 aromatic carbocycles. The molecule has 1 aromatic rings. The predicted octanol–water partition coefficient (Wildman–Crippen LogP) is 1.57. The molecular weight excluding hydrogens is 266 g/mol. The van der Waals surface area contributed by atoms with E-state index in [0.29, 0.717) is 12.2 Å². The third-order valence-electron chi connectivity index (χ3n) is 4.09. The number of hydrogen-bond donors (Lipinski definition) is 0. The van der Waals surface area contributed by atoms with Gasteiger partial charge in [-0.2, -0.15) is 5.26 Å². The van der Waals surface area contributed by atoms with Crippen molar-refractivity contribution in [3.63, 3.8) is 0 Å². The van der Waals surface area contributed by atoms with Crippen molar-refractivity contribution in [2.24, 2.45) is 0 Å². The summed E-state index contributed by atoms with van der Waals surface area (Å²) in [6, 6.07) is 2.41. The van der Waals surface area contributed by atoms with E-state index in [1.807, 2.05) is 11.0 Å². The van der Waals surface area contributed by atoms with Crippen LogP contribution in [0.15, 0.2) is 12.4 Å². The Hall–Kier alpha value is -2.16. The van der Waals surface area contributed by atoms with E-state index in [-0.39, 0.29) is 18.0 Å². The number of nitrogens with zero attached hydrogens (tertiary/aromatic N) is 5. The number of carbonyl (C=O) groups excluding carboxylic acids is 1. The first-order valence-electron chi connectivity index (χ1n) is 7.36. The van der Waals surface area contributed by atoms with Gasteiger partial charge in [-0.15, -0.1) is 0 Å². The van der Waals surface area contributed by atoms with Crippen LogP contribution in [0.4, 0.5) is 5.82 Å². The SMILES string of the molecule is CCC1CN(c2cnc(C#N)cn2)C(CC)CN1C(C)=O. The van der Waals surface area contributed by atoms with Crippen molar-refractivity contribution in [3.8, 4) is 6.07 Å². The second-order valence-electron chi connectivity index (χ2n) is 5.32. The lowest BCUT2D eigenvalue weighted by Crippen LogP contribution is -2.59. The Morgan fingerprint density at radius 1 is 1.29 bits per heavy atom. The molecule has 0 saturated carbocycles. The number of carbonyl (C=O) groups is 1. The summed E-state index contributed by atoms with van der Waals surface area (Å²) in [6.45, 7) is 7.31. The molecule has 1 amide bonds. The van der Waals surface area contributed by atoms with Gasteiger partial charge in [-0.05, 0) is 12.8 Å². The maximum Gasteiger partial charge on any atom is 0.219 e. The number of nitriles is 1. The fourth-order valence-corrected chi connectivity index (χ4v) is 2.84. The highest BCUT2D eigenvalue weighted by Gasteiger charge is 2.34. The van der Waals surface area contributed by atoms with E-state index in [1.54, 1.807) is 13.1 Å². The molecule has 1 fully saturated rings. The molecule has 1 aliphatic heterocycles. The fraction of sp³-hybridized carbons (Fsp3) is 0.600. The van der Waals surface area contributed by atoms with Gasteiger partial charge in [0.25, 0.3) is 0 Å². The first-order valence-corrected chi connectivity index (χ1v) is 7.36. The van der Waals surface area contributed by atoms with Crippen LogP contribution in [0.2, 0.25) is 0 Å². The van der Waals surface area contributed by atoms with E-state index in [0.717, 1.165) is 25.2 Å². The first kappa shape index (κ1) is 15.2. The Morgan fingerprint density at radius 3 is 2.48 bits per heavy atom. The zero-order valence-electron chi connectivity index (χ0n) is 12.8. The summed E-state index contributed by atoms with van der Waals surface area (Å²) in [5, 5.41) is 8.80. The van der Waals surface area contributed by atoms with Gasteiger partial charge in [-0.3, -0.25) is 4.79 Å². The summed E-state index contributed by atoms with van der Waals surface area (Å²) in [5.41, 5.74) is 0.321. The summed E-state index contributed by atoms with van der Waals surface area (Å²) in [7, 11) is 0. The van der Waals surface area contributed by atoms with E-state index in [9.17, 15) is 4.79 Å². The van der Waals surface area contributed by atoms with Gasteiger partial charge >= 0.3 is 0 Å². The van der Waals surface area contributed by atoms with Crippen LogP contribution < -0.4 is 4.90 Å². The van der Waals surface area contributed by atoms with E-state index < -0.39 is 0 Å². The number of anilines is 1. The van der Waals surface area contributed by atoms with Gasteiger partial charge in [0.2, 0.25) is 5.91 Å². The molecule has 0 radical (unpaired) electrons. The monoisotopic (exact) mass is 287 g/mol. The zero-order chi connectivity index (χ0) is 15.4. The highest BCUT2D eigenvalue weighted by molar-refractivity contribution is 5.74. The minimum Gasteiger partial charge on any atom is -0.349 e. The lowest BCUT2D eigenvalue weighted by molar-refractivity contribution is -0.132. The van der Waals surface area contributed by atoms with Crippen molar-refractivity contribution in [2.75, 3.05) is 18.0 Å². The Morgan fingerprint density at radius 2 is 2.00 bits per heavy atom. The first-order chi connectivity index (χ1) is 10.1. The van der Waals surface area contributed by atoms with Gasteiger partial charge in [0, 0.05) is 32.1 Å². The Balaban J connectivity index is 2.25. The van der Waals surface area contributed by atoms with Crippen LogP contribution in [0.3, 0.4) is 0 Å². The summed E-state index contributed by atoms with van der Waals surface area (Å²) in [4.78, 5) is 24.4. The molecule has 0 spiro atoms. The maximum absolute atomic E-state index is 11.8.